The minimum atomic E-state index is -0.00964. The highest BCUT2D eigenvalue weighted by Gasteiger charge is 2.30. The van der Waals surface area contributed by atoms with Crippen molar-refractivity contribution in [2.45, 2.75) is 57.0 Å². The van der Waals surface area contributed by atoms with Gasteiger partial charge in [0.05, 0.1) is 24.9 Å². The van der Waals surface area contributed by atoms with Gasteiger partial charge in [0.15, 0.2) is 0 Å². The van der Waals surface area contributed by atoms with Gasteiger partial charge in [0, 0.05) is 25.1 Å². The second-order valence-corrected chi connectivity index (χ2v) is 6.26. The van der Waals surface area contributed by atoms with Crippen LogP contribution in [0.2, 0.25) is 0 Å². The van der Waals surface area contributed by atoms with Gasteiger partial charge >= 0.3 is 0 Å². The molecule has 0 aliphatic heterocycles. The molecule has 2 saturated carbocycles. The van der Waals surface area contributed by atoms with E-state index in [-0.39, 0.29) is 5.91 Å². The minimum absolute atomic E-state index is 0.00964. The summed E-state index contributed by atoms with van der Waals surface area (Å²) in [6.45, 7) is 1.04. The first-order valence-corrected chi connectivity index (χ1v) is 8.22. The zero-order chi connectivity index (χ0) is 15.4. The highest BCUT2D eigenvalue weighted by atomic mass is 16.2. The molecule has 6 nitrogen and oxygen atoms in total. The predicted octanol–water partition coefficient (Wildman–Crippen LogP) is 2.31. The third-order valence-electron chi connectivity index (χ3n) is 4.53. The first-order chi connectivity index (χ1) is 10.8. The first-order valence-electron chi connectivity index (χ1n) is 8.22. The van der Waals surface area contributed by atoms with E-state index in [0.29, 0.717) is 31.6 Å². The average Bonchev–Trinajstić information content (AvgIpc) is 3.02. The number of amides is 1. The van der Waals surface area contributed by atoms with Crippen molar-refractivity contribution in [3.63, 3.8) is 0 Å². The third-order valence-corrected chi connectivity index (χ3v) is 4.53. The Morgan fingerprint density at radius 2 is 2.18 bits per heavy atom. The molecule has 1 amide bonds. The molecule has 6 heteroatoms. The van der Waals surface area contributed by atoms with Crippen molar-refractivity contribution in [3.8, 4) is 6.07 Å². The van der Waals surface area contributed by atoms with E-state index in [2.05, 4.69) is 21.4 Å². The molecule has 0 unspecified atom stereocenters. The number of aromatic nitrogens is 2. The standard InChI is InChI=1S/C16H23N5O/c17-9-3-11-20(13-6-7-13)12-16(22)19-15-8-10-18-21(15)14-4-1-2-5-14/h8,10,13-14H,1-7,11-12H2,(H,19,22). The molecule has 0 atom stereocenters. The molecule has 0 radical (unpaired) electrons. The van der Waals surface area contributed by atoms with Gasteiger partial charge in [0.1, 0.15) is 5.82 Å². The summed E-state index contributed by atoms with van der Waals surface area (Å²) in [6, 6.07) is 4.93. The Hall–Kier alpha value is -1.87. The van der Waals surface area contributed by atoms with Crippen LogP contribution < -0.4 is 5.32 Å². The fourth-order valence-corrected chi connectivity index (χ4v) is 3.24. The van der Waals surface area contributed by atoms with E-state index in [4.69, 9.17) is 5.26 Å². The molecule has 1 aromatic heterocycles. The van der Waals surface area contributed by atoms with Crippen LogP contribution in [0.25, 0.3) is 0 Å². The molecule has 0 bridgehead atoms. The van der Waals surface area contributed by atoms with Gasteiger partial charge in [-0.15, -0.1) is 0 Å². The predicted molar refractivity (Wildman–Crippen MR) is 83.2 cm³/mol. The summed E-state index contributed by atoms with van der Waals surface area (Å²) in [5, 5.41) is 16.1. The van der Waals surface area contributed by atoms with E-state index in [1.807, 2.05) is 10.7 Å². The Morgan fingerprint density at radius 1 is 1.41 bits per heavy atom. The molecule has 0 aromatic carbocycles. The van der Waals surface area contributed by atoms with E-state index in [9.17, 15) is 4.79 Å². The fourth-order valence-electron chi connectivity index (χ4n) is 3.24. The van der Waals surface area contributed by atoms with Crippen LogP contribution >= 0.6 is 0 Å². The molecule has 2 fully saturated rings. The molecule has 118 valence electrons. The van der Waals surface area contributed by atoms with Gasteiger partial charge in [0.2, 0.25) is 5.91 Å². The monoisotopic (exact) mass is 301 g/mol. The summed E-state index contributed by atoms with van der Waals surface area (Å²) in [6.07, 6.45) is 9.26. The average molecular weight is 301 g/mol. The number of nitrogens with one attached hydrogen (secondary N) is 1. The zero-order valence-corrected chi connectivity index (χ0v) is 12.9. The van der Waals surface area contributed by atoms with E-state index in [1.165, 1.54) is 12.8 Å². The zero-order valence-electron chi connectivity index (χ0n) is 12.9. The molecular formula is C16H23N5O. The summed E-state index contributed by atoms with van der Waals surface area (Å²) in [7, 11) is 0. The topological polar surface area (TPSA) is 74.0 Å². The maximum absolute atomic E-state index is 12.3. The maximum Gasteiger partial charge on any atom is 0.239 e. The Kier molecular flexibility index (Phi) is 4.74. The van der Waals surface area contributed by atoms with Crippen molar-refractivity contribution in [1.29, 1.82) is 5.26 Å². The van der Waals surface area contributed by atoms with Gasteiger partial charge in [-0.05, 0) is 25.7 Å². The number of rotatable bonds is 7. The molecule has 1 aromatic rings. The molecule has 22 heavy (non-hydrogen) atoms. The van der Waals surface area contributed by atoms with Gasteiger partial charge < -0.3 is 5.32 Å². The number of nitriles is 1. The number of carbonyl (C=O) groups excluding carboxylic acids is 1. The lowest BCUT2D eigenvalue weighted by Gasteiger charge is -2.20. The summed E-state index contributed by atoms with van der Waals surface area (Å²) in [4.78, 5) is 14.4. The van der Waals surface area contributed by atoms with Crippen LogP contribution in [0.5, 0.6) is 0 Å². The summed E-state index contributed by atoms with van der Waals surface area (Å²) in [5.41, 5.74) is 0. The summed E-state index contributed by atoms with van der Waals surface area (Å²) >= 11 is 0. The van der Waals surface area contributed by atoms with Crippen molar-refractivity contribution in [3.05, 3.63) is 12.3 Å². The molecule has 0 saturated heterocycles. The molecule has 2 aliphatic rings. The number of carbonyl (C=O) groups is 1. The number of hydrogen-bond donors (Lipinski definition) is 1. The third kappa shape index (κ3) is 3.66. The van der Waals surface area contributed by atoms with Crippen LogP contribution in [0.1, 0.15) is 51.0 Å². The smallest absolute Gasteiger partial charge is 0.239 e. The van der Waals surface area contributed by atoms with Crippen molar-refractivity contribution in [1.82, 2.24) is 14.7 Å². The van der Waals surface area contributed by atoms with Gasteiger partial charge in [0.25, 0.3) is 0 Å². The lowest BCUT2D eigenvalue weighted by molar-refractivity contribution is -0.117. The van der Waals surface area contributed by atoms with E-state index >= 15 is 0 Å². The lowest BCUT2D eigenvalue weighted by Crippen LogP contribution is -2.36. The van der Waals surface area contributed by atoms with Crippen LogP contribution in [0.3, 0.4) is 0 Å². The van der Waals surface area contributed by atoms with Gasteiger partial charge in [-0.25, -0.2) is 4.68 Å². The van der Waals surface area contributed by atoms with Crippen LogP contribution in [0.4, 0.5) is 5.82 Å². The van der Waals surface area contributed by atoms with Crippen molar-refractivity contribution < 1.29 is 4.79 Å². The Bertz CT molecular complexity index is 551. The van der Waals surface area contributed by atoms with Crippen LogP contribution in [0, 0.1) is 11.3 Å². The first kappa shape index (κ1) is 15.0. The summed E-state index contributed by atoms with van der Waals surface area (Å²) in [5.74, 6) is 0.789. The summed E-state index contributed by atoms with van der Waals surface area (Å²) < 4.78 is 1.96. The minimum Gasteiger partial charge on any atom is -0.310 e. The Labute approximate surface area is 131 Å². The van der Waals surface area contributed by atoms with E-state index in [0.717, 1.165) is 31.5 Å². The Balaban J connectivity index is 1.57. The fraction of sp³-hybridized carbons (Fsp3) is 0.688. The van der Waals surface area contributed by atoms with Crippen molar-refractivity contribution in [2.75, 3.05) is 18.4 Å². The number of anilines is 1. The largest absolute Gasteiger partial charge is 0.310 e. The molecule has 2 aliphatic carbocycles. The second kappa shape index (κ2) is 6.93. The quantitative estimate of drug-likeness (QED) is 0.838. The van der Waals surface area contributed by atoms with Gasteiger partial charge in [-0.2, -0.15) is 10.4 Å². The lowest BCUT2D eigenvalue weighted by atomic mass is 10.2. The molecule has 0 spiro atoms. The molecular weight excluding hydrogens is 278 g/mol. The van der Waals surface area contributed by atoms with E-state index < -0.39 is 0 Å². The molecule has 1 heterocycles. The highest BCUT2D eigenvalue weighted by molar-refractivity contribution is 5.91. The molecule has 1 N–H and O–H groups in total. The van der Waals surface area contributed by atoms with E-state index in [1.54, 1.807) is 6.20 Å². The Morgan fingerprint density at radius 3 is 2.86 bits per heavy atom. The van der Waals surface area contributed by atoms with Crippen molar-refractivity contribution in [2.24, 2.45) is 0 Å². The highest BCUT2D eigenvalue weighted by Crippen LogP contribution is 2.31. The normalized spacial score (nSPS) is 18.5. The molecule has 3 rings (SSSR count). The van der Waals surface area contributed by atoms with Gasteiger partial charge in [-0.1, -0.05) is 12.8 Å². The van der Waals surface area contributed by atoms with Crippen molar-refractivity contribution >= 4 is 11.7 Å². The number of hydrogen-bond acceptors (Lipinski definition) is 4. The van der Waals surface area contributed by atoms with Crippen LogP contribution in [0.15, 0.2) is 12.3 Å². The number of nitrogens with zero attached hydrogens (tertiary/aromatic N) is 4. The van der Waals surface area contributed by atoms with Crippen LogP contribution in [-0.2, 0) is 4.79 Å². The second-order valence-electron chi connectivity index (χ2n) is 6.26. The SMILES string of the molecule is N#CCCN(CC(=O)Nc1ccnn1C1CCCC1)C1CC1. The van der Waals surface area contributed by atoms with Crippen LogP contribution in [-0.4, -0.2) is 39.7 Å². The maximum atomic E-state index is 12.3. The van der Waals surface area contributed by atoms with Gasteiger partial charge in [-0.3, -0.25) is 9.69 Å².